The van der Waals surface area contributed by atoms with Gasteiger partial charge in [-0.1, -0.05) is 45.7 Å². The van der Waals surface area contributed by atoms with Crippen LogP contribution in [0.1, 0.15) is 20.3 Å². The Morgan fingerprint density at radius 2 is 2.08 bits per heavy atom. The van der Waals surface area contributed by atoms with Crippen molar-refractivity contribution in [2.75, 3.05) is 0 Å². The molecule has 12 heavy (non-hydrogen) atoms. The van der Waals surface area contributed by atoms with Crippen LogP contribution < -0.4 is 0 Å². The molecule has 1 saturated carbocycles. The summed E-state index contributed by atoms with van der Waals surface area (Å²) in [7, 11) is 0. The molecule has 1 aliphatic carbocycles. The fourth-order valence-electron chi connectivity index (χ4n) is 1.87. The van der Waals surface area contributed by atoms with Gasteiger partial charge in [0.15, 0.2) is 0 Å². The lowest BCUT2D eigenvalue weighted by molar-refractivity contribution is -0.139. The summed E-state index contributed by atoms with van der Waals surface area (Å²) in [4.78, 5) is 10.7. The van der Waals surface area contributed by atoms with E-state index in [0.717, 1.165) is 6.42 Å². The van der Waals surface area contributed by atoms with E-state index in [1.807, 2.05) is 13.8 Å². The van der Waals surface area contributed by atoms with E-state index in [4.69, 9.17) is 5.11 Å². The lowest BCUT2D eigenvalue weighted by atomic mass is 10.1. The Bertz CT molecular complexity index is 201. The first-order valence-electron chi connectivity index (χ1n) is 3.88. The first-order chi connectivity index (χ1) is 5.37. The second kappa shape index (κ2) is 3.29. The van der Waals surface area contributed by atoms with Gasteiger partial charge in [-0.15, -0.1) is 0 Å². The standard InChI is InChI=1S/C8H12Br2O2/c1-8(2)4(3-5(9)10)6(8)7(11)12/h4-6H,3H2,1-2H3,(H,11,12). The van der Waals surface area contributed by atoms with Gasteiger partial charge in [-0.05, 0) is 17.8 Å². The van der Waals surface area contributed by atoms with Gasteiger partial charge in [0.1, 0.15) is 0 Å². The number of carboxylic acid groups (broad SMARTS) is 1. The highest BCUT2D eigenvalue weighted by atomic mass is 79.9. The quantitative estimate of drug-likeness (QED) is 0.814. The third kappa shape index (κ3) is 1.84. The van der Waals surface area contributed by atoms with Gasteiger partial charge >= 0.3 is 5.97 Å². The molecule has 2 atom stereocenters. The fourth-order valence-corrected chi connectivity index (χ4v) is 2.67. The SMILES string of the molecule is CC1(C)C(CC(Br)Br)C1C(=O)O. The summed E-state index contributed by atoms with van der Waals surface area (Å²) in [6.07, 6.45) is 0.879. The van der Waals surface area contributed by atoms with Crippen LogP contribution in [0.15, 0.2) is 0 Å². The molecular formula is C8H12Br2O2. The topological polar surface area (TPSA) is 37.3 Å². The monoisotopic (exact) mass is 298 g/mol. The van der Waals surface area contributed by atoms with Crippen LogP contribution in [0.4, 0.5) is 0 Å². The van der Waals surface area contributed by atoms with E-state index in [1.165, 1.54) is 0 Å². The molecule has 0 aromatic rings. The van der Waals surface area contributed by atoms with Crippen LogP contribution in [-0.4, -0.2) is 14.8 Å². The number of hydrogen-bond acceptors (Lipinski definition) is 1. The molecule has 0 aliphatic heterocycles. The molecule has 0 aromatic carbocycles. The molecule has 4 heteroatoms. The molecule has 1 fully saturated rings. The summed E-state index contributed by atoms with van der Waals surface area (Å²) in [5.74, 6) is -0.514. The molecule has 0 bridgehead atoms. The summed E-state index contributed by atoms with van der Waals surface area (Å²) in [6.45, 7) is 4.03. The van der Waals surface area contributed by atoms with Gasteiger partial charge in [-0.3, -0.25) is 4.79 Å². The first kappa shape index (κ1) is 10.5. The van der Waals surface area contributed by atoms with Crippen molar-refractivity contribution in [1.29, 1.82) is 0 Å². The van der Waals surface area contributed by atoms with Crippen molar-refractivity contribution in [3.63, 3.8) is 0 Å². The van der Waals surface area contributed by atoms with Crippen molar-refractivity contribution < 1.29 is 9.90 Å². The minimum atomic E-state index is -0.661. The maximum absolute atomic E-state index is 10.7. The molecular weight excluding hydrogens is 288 g/mol. The molecule has 2 nitrogen and oxygen atoms in total. The second-order valence-electron chi connectivity index (χ2n) is 3.87. The van der Waals surface area contributed by atoms with Crippen molar-refractivity contribution in [3.05, 3.63) is 0 Å². The largest absolute Gasteiger partial charge is 0.481 e. The van der Waals surface area contributed by atoms with E-state index in [0.29, 0.717) is 5.92 Å². The lowest BCUT2D eigenvalue weighted by Gasteiger charge is -2.01. The van der Waals surface area contributed by atoms with Crippen LogP contribution in [0.5, 0.6) is 0 Å². The van der Waals surface area contributed by atoms with Crippen LogP contribution in [0.3, 0.4) is 0 Å². The summed E-state index contributed by atoms with van der Waals surface area (Å²) >= 11 is 6.73. The number of rotatable bonds is 3. The Labute approximate surface area is 89.0 Å². The van der Waals surface area contributed by atoms with E-state index >= 15 is 0 Å². The molecule has 0 amide bonds. The maximum Gasteiger partial charge on any atom is 0.307 e. The van der Waals surface area contributed by atoms with Crippen molar-refractivity contribution in [3.8, 4) is 0 Å². The minimum Gasteiger partial charge on any atom is -0.481 e. The third-order valence-corrected chi connectivity index (χ3v) is 3.50. The summed E-state index contributed by atoms with van der Waals surface area (Å²) in [5.41, 5.74) is -0.0222. The highest BCUT2D eigenvalue weighted by Gasteiger charge is 2.61. The van der Waals surface area contributed by atoms with Crippen LogP contribution >= 0.6 is 31.9 Å². The molecule has 2 unspecified atom stereocenters. The van der Waals surface area contributed by atoms with Gasteiger partial charge in [-0.25, -0.2) is 0 Å². The third-order valence-electron chi connectivity index (χ3n) is 2.75. The fraction of sp³-hybridized carbons (Fsp3) is 0.875. The average Bonchev–Trinajstić information content (AvgIpc) is 2.32. The van der Waals surface area contributed by atoms with Crippen molar-refractivity contribution in [2.24, 2.45) is 17.3 Å². The molecule has 1 rings (SSSR count). The van der Waals surface area contributed by atoms with Gasteiger partial charge in [0.2, 0.25) is 0 Å². The van der Waals surface area contributed by atoms with E-state index in [-0.39, 0.29) is 15.1 Å². The lowest BCUT2D eigenvalue weighted by Crippen LogP contribution is -2.03. The summed E-state index contributed by atoms with van der Waals surface area (Å²) < 4.78 is 0.235. The number of hydrogen-bond donors (Lipinski definition) is 1. The zero-order valence-electron chi connectivity index (χ0n) is 7.05. The Morgan fingerprint density at radius 1 is 1.58 bits per heavy atom. The Morgan fingerprint density at radius 3 is 2.33 bits per heavy atom. The first-order valence-corrected chi connectivity index (χ1v) is 5.71. The average molecular weight is 300 g/mol. The van der Waals surface area contributed by atoms with Crippen LogP contribution in [-0.2, 0) is 4.79 Å². The summed E-state index contributed by atoms with van der Waals surface area (Å²) in [6, 6.07) is 0. The summed E-state index contributed by atoms with van der Waals surface area (Å²) in [5, 5.41) is 8.84. The van der Waals surface area contributed by atoms with Gasteiger partial charge < -0.3 is 5.11 Å². The predicted octanol–water partition coefficient (Wildman–Crippen LogP) is 2.85. The Hall–Kier alpha value is 0.430. The zero-order valence-corrected chi connectivity index (χ0v) is 10.2. The van der Waals surface area contributed by atoms with Crippen molar-refractivity contribution in [1.82, 2.24) is 0 Å². The highest BCUT2D eigenvalue weighted by Crippen LogP contribution is 2.61. The number of carbonyl (C=O) groups is 1. The number of carboxylic acids is 1. The van der Waals surface area contributed by atoms with Crippen LogP contribution in [0.25, 0.3) is 0 Å². The minimum absolute atomic E-state index is 0.0222. The normalized spacial score (nSPS) is 32.1. The molecule has 1 aliphatic rings. The van der Waals surface area contributed by atoms with Gasteiger partial charge in [-0.2, -0.15) is 0 Å². The van der Waals surface area contributed by atoms with Crippen molar-refractivity contribution in [2.45, 2.75) is 24.0 Å². The highest BCUT2D eigenvalue weighted by molar-refractivity contribution is 9.24. The maximum atomic E-state index is 10.7. The molecule has 70 valence electrons. The molecule has 0 radical (unpaired) electrons. The predicted molar refractivity (Wildman–Crippen MR) is 54.7 cm³/mol. The van der Waals surface area contributed by atoms with Gasteiger partial charge in [0.05, 0.1) is 9.65 Å². The van der Waals surface area contributed by atoms with E-state index in [9.17, 15) is 4.79 Å². The van der Waals surface area contributed by atoms with Gasteiger partial charge in [0, 0.05) is 0 Å². The molecule has 0 heterocycles. The number of aliphatic carboxylic acids is 1. The molecule has 0 spiro atoms. The van der Waals surface area contributed by atoms with Crippen LogP contribution in [0, 0.1) is 17.3 Å². The molecule has 0 aromatic heterocycles. The van der Waals surface area contributed by atoms with Crippen LogP contribution in [0.2, 0.25) is 0 Å². The Kier molecular flexibility index (Phi) is 2.88. The number of alkyl halides is 2. The second-order valence-corrected chi connectivity index (χ2v) is 7.31. The van der Waals surface area contributed by atoms with Crippen molar-refractivity contribution >= 4 is 37.8 Å². The van der Waals surface area contributed by atoms with Gasteiger partial charge in [0.25, 0.3) is 0 Å². The Balaban J connectivity index is 2.54. The van der Waals surface area contributed by atoms with E-state index in [2.05, 4.69) is 31.9 Å². The number of halogens is 2. The van der Waals surface area contributed by atoms with E-state index in [1.54, 1.807) is 0 Å². The molecule has 1 N–H and O–H groups in total. The smallest absolute Gasteiger partial charge is 0.307 e. The molecule has 0 saturated heterocycles. The van der Waals surface area contributed by atoms with E-state index < -0.39 is 5.97 Å². The zero-order chi connectivity index (χ0) is 9.52.